The fourth-order valence-electron chi connectivity index (χ4n) is 3.81. The van der Waals surface area contributed by atoms with Crippen LogP contribution in [0, 0.1) is 0 Å². The van der Waals surface area contributed by atoms with Crippen LogP contribution in [0.5, 0.6) is 5.88 Å². The quantitative estimate of drug-likeness (QED) is 0.548. The Morgan fingerprint density at radius 3 is 2.73 bits per heavy atom. The Balaban J connectivity index is 1.90. The van der Waals surface area contributed by atoms with Crippen molar-refractivity contribution < 1.29 is 14.2 Å². The van der Waals surface area contributed by atoms with Gasteiger partial charge < -0.3 is 19.9 Å². The highest BCUT2D eigenvalue weighted by Gasteiger charge is 2.24. The average Bonchev–Trinajstić information content (AvgIpc) is 3.14. The van der Waals surface area contributed by atoms with Crippen LogP contribution in [0.4, 0.5) is 0 Å². The largest absolute Gasteiger partial charge is 0.591 e. The van der Waals surface area contributed by atoms with Gasteiger partial charge >= 0.3 is 8.03 Å². The van der Waals surface area contributed by atoms with Gasteiger partial charge in [-0.3, -0.25) is 9.48 Å². The highest BCUT2D eigenvalue weighted by Crippen LogP contribution is 2.29. The van der Waals surface area contributed by atoms with E-state index in [1.807, 2.05) is 11.6 Å². The zero-order valence-corrected chi connectivity index (χ0v) is 17.7. The normalized spacial score (nSPS) is 15.5. The third kappa shape index (κ3) is 3.74. The monoisotopic (exact) mass is 430 g/mol. The number of nitrogens with one attached hydrogen (secondary N) is 2. The van der Waals surface area contributed by atoms with E-state index < -0.39 is 8.03 Å². The maximum Gasteiger partial charge on any atom is 0.350 e. The van der Waals surface area contributed by atoms with Gasteiger partial charge in [0.05, 0.1) is 30.1 Å². The van der Waals surface area contributed by atoms with Crippen LogP contribution in [0.2, 0.25) is 0 Å². The molecule has 0 aromatic carbocycles. The fourth-order valence-corrected chi connectivity index (χ4v) is 4.20. The molecule has 0 saturated carbocycles. The number of hydrogen-bond donors (Lipinski definition) is 2. The van der Waals surface area contributed by atoms with Crippen LogP contribution in [0.25, 0.3) is 22.4 Å². The second kappa shape index (κ2) is 8.59. The Kier molecular flexibility index (Phi) is 5.90. The van der Waals surface area contributed by atoms with Gasteiger partial charge in [-0.05, 0) is 39.3 Å². The molecule has 0 spiro atoms. The molecule has 3 aromatic rings. The van der Waals surface area contributed by atoms with E-state index in [1.165, 1.54) is 12.3 Å². The summed E-state index contributed by atoms with van der Waals surface area (Å²) in [6.07, 6.45) is 3.76. The van der Waals surface area contributed by atoms with Crippen molar-refractivity contribution in [2.24, 2.45) is 0 Å². The third-order valence-electron chi connectivity index (χ3n) is 5.23. The summed E-state index contributed by atoms with van der Waals surface area (Å²) >= 11 is 0. The second-order valence-electron chi connectivity index (χ2n) is 7.07. The summed E-state index contributed by atoms with van der Waals surface area (Å²) < 4.78 is 18.9. The summed E-state index contributed by atoms with van der Waals surface area (Å²) in [7, 11) is -2.84. The lowest BCUT2D eigenvalue weighted by Crippen LogP contribution is -2.30. The Hall–Kier alpha value is -2.68. The molecule has 1 fully saturated rings. The van der Waals surface area contributed by atoms with E-state index in [4.69, 9.17) is 4.74 Å². The SMILES string of the molecule is CCOc1ncc([P+](=O)[O-])cc1-c1nc2c(CC)n(C3CCNCC3)nc2c(=O)[nH]1. The number of fused-ring (bicyclic) bond motifs is 1. The van der Waals surface area contributed by atoms with Crippen molar-refractivity contribution in [3.8, 4) is 17.3 Å². The van der Waals surface area contributed by atoms with E-state index in [0.717, 1.165) is 31.6 Å². The van der Waals surface area contributed by atoms with Gasteiger partial charge in [0.1, 0.15) is 11.3 Å². The highest BCUT2D eigenvalue weighted by atomic mass is 31.1. The molecule has 30 heavy (non-hydrogen) atoms. The van der Waals surface area contributed by atoms with Crippen molar-refractivity contribution in [1.29, 1.82) is 0 Å². The van der Waals surface area contributed by atoms with Crippen molar-refractivity contribution in [3.63, 3.8) is 0 Å². The first-order chi connectivity index (χ1) is 14.5. The number of nitrogens with zero attached hydrogens (tertiary/aromatic N) is 4. The second-order valence-corrected chi connectivity index (χ2v) is 8.10. The van der Waals surface area contributed by atoms with Gasteiger partial charge in [0, 0.05) is 6.07 Å². The molecule has 1 aliphatic rings. The Bertz CT molecular complexity index is 1150. The smallest absolute Gasteiger partial charge is 0.350 e. The lowest BCUT2D eigenvalue weighted by Gasteiger charge is -2.24. The topological polar surface area (TPSA) is 138 Å². The van der Waals surface area contributed by atoms with Crippen LogP contribution < -0.4 is 25.8 Å². The van der Waals surface area contributed by atoms with Crippen molar-refractivity contribution in [2.75, 3.05) is 19.7 Å². The Morgan fingerprint density at radius 2 is 2.07 bits per heavy atom. The summed E-state index contributed by atoms with van der Waals surface area (Å²) in [4.78, 5) is 35.8. The molecule has 0 radical (unpaired) electrons. The summed E-state index contributed by atoms with van der Waals surface area (Å²) in [6, 6.07) is 1.63. The predicted molar refractivity (Wildman–Crippen MR) is 110 cm³/mol. The van der Waals surface area contributed by atoms with Crippen molar-refractivity contribution in [3.05, 3.63) is 28.3 Å². The number of hydrogen-bond acceptors (Lipinski definition) is 8. The van der Waals surface area contributed by atoms with Crippen LogP contribution in [0.1, 0.15) is 38.4 Å². The maximum absolute atomic E-state index is 12.9. The van der Waals surface area contributed by atoms with E-state index in [2.05, 4.69) is 25.4 Å². The minimum absolute atomic E-state index is 0.0207. The standard InChI is InChI=1S/C19H23N6O4P/c1-3-14-15-16(24-25(14)11-5-7-20-8-6-11)18(26)23-17(22-15)13-9-12(30(27)28)10-21-19(13)29-4-2/h9-11,20H,3-8H2,1-2H3,(H,22,23,26). The maximum atomic E-state index is 12.9. The van der Waals surface area contributed by atoms with Crippen molar-refractivity contribution >= 4 is 24.4 Å². The zero-order valence-electron chi connectivity index (χ0n) is 16.8. The number of aromatic nitrogens is 5. The first-order valence-electron chi connectivity index (χ1n) is 10.0. The van der Waals surface area contributed by atoms with E-state index in [1.54, 1.807) is 6.92 Å². The molecular formula is C19H23N6O4P. The Morgan fingerprint density at radius 1 is 1.30 bits per heavy atom. The third-order valence-corrected chi connectivity index (χ3v) is 5.89. The minimum atomic E-state index is -2.84. The van der Waals surface area contributed by atoms with Gasteiger partial charge in [-0.1, -0.05) is 11.5 Å². The molecule has 1 aliphatic heterocycles. The first kappa shape index (κ1) is 20.6. The molecule has 4 rings (SSSR count). The summed E-state index contributed by atoms with van der Waals surface area (Å²) in [5, 5.41) is 7.94. The molecule has 1 unspecified atom stereocenters. The van der Waals surface area contributed by atoms with E-state index in [0.29, 0.717) is 24.1 Å². The van der Waals surface area contributed by atoms with Gasteiger partial charge in [-0.2, -0.15) is 5.10 Å². The van der Waals surface area contributed by atoms with E-state index >= 15 is 0 Å². The minimum Gasteiger partial charge on any atom is -0.591 e. The molecular weight excluding hydrogens is 407 g/mol. The number of aromatic amines is 1. The summed E-state index contributed by atoms with van der Waals surface area (Å²) in [5.74, 6) is 0.422. The number of aryl methyl sites for hydroxylation is 1. The number of H-pyrrole nitrogens is 1. The lowest BCUT2D eigenvalue weighted by atomic mass is 10.1. The molecule has 0 amide bonds. The molecule has 10 nitrogen and oxygen atoms in total. The van der Waals surface area contributed by atoms with Crippen molar-refractivity contribution in [2.45, 2.75) is 39.2 Å². The summed E-state index contributed by atoms with van der Waals surface area (Å²) in [6.45, 7) is 5.95. The van der Waals surface area contributed by atoms with Crippen LogP contribution in [0.15, 0.2) is 17.1 Å². The zero-order chi connectivity index (χ0) is 21.3. The number of piperidine rings is 1. The van der Waals surface area contributed by atoms with Gasteiger partial charge in [0.15, 0.2) is 5.52 Å². The fraction of sp³-hybridized carbons (Fsp3) is 0.474. The molecule has 0 aliphatic carbocycles. The lowest BCUT2D eigenvalue weighted by molar-refractivity contribution is -0.160. The average molecular weight is 430 g/mol. The molecule has 1 saturated heterocycles. The van der Waals surface area contributed by atoms with E-state index in [9.17, 15) is 14.3 Å². The number of rotatable bonds is 6. The molecule has 3 aromatic heterocycles. The predicted octanol–water partition coefficient (Wildman–Crippen LogP) is 0.795. The first-order valence-corrected chi connectivity index (χ1v) is 11.2. The molecule has 4 heterocycles. The van der Waals surface area contributed by atoms with Gasteiger partial charge in [0.25, 0.3) is 5.56 Å². The molecule has 11 heteroatoms. The van der Waals surface area contributed by atoms with Gasteiger partial charge in [-0.15, -0.1) is 0 Å². The van der Waals surface area contributed by atoms with Crippen LogP contribution in [0.3, 0.4) is 0 Å². The molecule has 1 atom stereocenters. The van der Waals surface area contributed by atoms with Gasteiger partial charge in [-0.25, -0.2) is 9.97 Å². The molecule has 2 N–H and O–H groups in total. The van der Waals surface area contributed by atoms with E-state index in [-0.39, 0.29) is 34.1 Å². The highest BCUT2D eigenvalue weighted by molar-refractivity contribution is 7.45. The van der Waals surface area contributed by atoms with Crippen LogP contribution in [-0.2, 0) is 11.0 Å². The van der Waals surface area contributed by atoms with Gasteiger partial charge in [0.2, 0.25) is 11.2 Å². The van der Waals surface area contributed by atoms with Crippen LogP contribution in [-0.4, -0.2) is 44.4 Å². The Labute approximate surface area is 173 Å². The number of ether oxygens (including phenoxy) is 1. The molecule has 158 valence electrons. The van der Waals surface area contributed by atoms with Crippen molar-refractivity contribution in [1.82, 2.24) is 30.0 Å². The summed E-state index contributed by atoms with van der Waals surface area (Å²) in [5.41, 5.74) is 1.64. The van der Waals surface area contributed by atoms with Crippen LogP contribution >= 0.6 is 8.03 Å². The number of pyridine rings is 1. The molecule has 0 bridgehead atoms.